The number of hydrogen-bond donors (Lipinski definition) is 1. The molecular weight excluding hydrogens is 196 g/mol. The maximum absolute atomic E-state index is 6.26. The van der Waals surface area contributed by atoms with E-state index in [0.717, 1.165) is 27.0 Å². The highest BCUT2D eigenvalue weighted by Crippen LogP contribution is 2.29. The lowest BCUT2D eigenvalue weighted by atomic mass is 10.2. The van der Waals surface area contributed by atoms with Crippen molar-refractivity contribution in [1.82, 2.24) is 9.97 Å². The number of pyridine rings is 1. The molecule has 14 heavy (non-hydrogen) atoms. The van der Waals surface area contributed by atoms with Crippen LogP contribution in [-0.4, -0.2) is 9.97 Å². The monoisotopic (exact) mass is 202 g/mol. The molecule has 0 atom stereocenters. The molecule has 0 aliphatic rings. The lowest BCUT2D eigenvalue weighted by Crippen LogP contribution is -1.81. The highest BCUT2D eigenvalue weighted by Gasteiger charge is 2.06. The van der Waals surface area contributed by atoms with E-state index in [2.05, 4.69) is 9.97 Å². The molecule has 0 radical (unpaired) electrons. The van der Waals surface area contributed by atoms with E-state index in [0.29, 0.717) is 0 Å². The molecular formula is C11H7ClN2. The first-order chi connectivity index (χ1) is 6.86. The zero-order valence-corrected chi connectivity index (χ0v) is 8.05. The second kappa shape index (κ2) is 2.72. The van der Waals surface area contributed by atoms with Crippen LogP contribution in [0.2, 0.25) is 5.02 Å². The van der Waals surface area contributed by atoms with Gasteiger partial charge in [0.05, 0.1) is 10.5 Å². The van der Waals surface area contributed by atoms with Crippen LogP contribution < -0.4 is 0 Å². The van der Waals surface area contributed by atoms with Crippen LogP contribution in [0, 0.1) is 0 Å². The number of hydrogen-bond acceptors (Lipinski definition) is 1. The van der Waals surface area contributed by atoms with Crippen LogP contribution in [0.1, 0.15) is 0 Å². The fourth-order valence-electron chi connectivity index (χ4n) is 1.65. The quantitative estimate of drug-likeness (QED) is 0.595. The third-order valence-corrected chi connectivity index (χ3v) is 2.74. The summed E-state index contributed by atoms with van der Waals surface area (Å²) in [4.78, 5) is 7.52. The van der Waals surface area contributed by atoms with Crippen molar-refractivity contribution in [1.29, 1.82) is 0 Å². The zero-order chi connectivity index (χ0) is 9.54. The number of para-hydroxylation sites is 1. The molecule has 2 aromatic heterocycles. The van der Waals surface area contributed by atoms with E-state index in [9.17, 15) is 0 Å². The first-order valence-electron chi connectivity index (χ1n) is 4.37. The first kappa shape index (κ1) is 7.83. The molecule has 0 saturated carbocycles. The Morgan fingerprint density at radius 1 is 1.07 bits per heavy atom. The van der Waals surface area contributed by atoms with Gasteiger partial charge in [0.2, 0.25) is 0 Å². The molecule has 0 amide bonds. The molecule has 1 N–H and O–H groups in total. The van der Waals surface area contributed by atoms with E-state index < -0.39 is 0 Å². The van der Waals surface area contributed by atoms with Crippen LogP contribution >= 0.6 is 11.6 Å². The number of halogens is 1. The zero-order valence-electron chi connectivity index (χ0n) is 7.29. The van der Waals surface area contributed by atoms with Crippen molar-refractivity contribution in [3.8, 4) is 0 Å². The van der Waals surface area contributed by atoms with Crippen LogP contribution in [0.5, 0.6) is 0 Å². The largest absolute Gasteiger partial charge is 0.346 e. The normalized spacial score (nSPS) is 11.2. The summed E-state index contributed by atoms with van der Waals surface area (Å²) in [5, 5.41) is 2.75. The minimum atomic E-state index is 0.770. The lowest BCUT2D eigenvalue weighted by molar-refractivity contribution is 1.37. The molecule has 2 heterocycles. The van der Waals surface area contributed by atoms with Gasteiger partial charge in [0.1, 0.15) is 5.65 Å². The maximum atomic E-state index is 6.26. The molecule has 0 bridgehead atoms. The Kier molecular flexibility index (Phi) is 1.52. The van der Waals surface area contributed by atoms with E-state index in [4.69, 9.17) is 11.6 Å². The summed E-state index contributed by atoms with van der Waals surface area (Å²) in [6.07, 6.45) is 1.85. The number of nitrogens with one attached hydrogen (secondary N) is 1. The molecule has 0 unspecified atom stereocenters. The van der Waals surface area contributed by atoms with E-state index in [1.54, 1.807) is 0 Å². The summed E-state index contributed by atoms with van der Waals surface area (Å²) in [5.41, 5.74) is 1.76. The number of rotatable bonds is 0. The Morgan fingerprint density at radius 2 is 1.93 bits per heavy atom. The molecule has 3 heteroatoms. The Balaban J connectivity index is 2.63. The predicted molar refractivity (Wildman–Crippen MR) is 58.6 cm³/mol. The summed E-state index contributed by atoms with van der Waals surface area (Å²) >= 11 is 6.26. The van der Waals surface area contributed by atoms with Crippen molar-refractivity contribution < 1.29 is 0 Å². The number of nitrogens with zero attached hydrogens (tertiary/aromatic N) is 1. The van der Waals surface area contributed by atoms with E-state index in [1.165, 1.54) is 0 Å². The Bertz CT molecular complexity index is 613. The first-order valence-corrected chi connectivity index (χ1v) is 4.75. The minimum Gasteiger partial charge on any atom is -0.346 e. The molecule has 68 valence electrons. The molecule has 2 nitrogen and oxygen atoms in total. The molecule has 0 spiro atoms. The second-order valence-corrected chi connectivity index (χ2v) is 3.56. The number of aromatic nitrogens is 2. The van der Waals surface area contributed by atoms with Gasteiger partial charge in [0.15, 0.2) is 0 Å². The number of aromatic amines is 1. The standard InChI is InChI=1S/C11H7ClN2/c12-10-7-3-1-2-4-9(7)14-11-8(10)5-6-13-11/h1-6H,(H,13,14). The van der Waals surface area contributed by atoms with Crippen LogP contribution in [0.15, 0.2) is 36.5 Å². The van der Waals surface area contributed by atoms with Crippen molar-refractivity contribution in [2.75, 3.05) is 0 Å². The van der Waals surface area contributed by atoms with Crippen LogP contribution in [-0.2, 0) is 0 Å². The number of fused-ring (bicyclic) bond motifs is 2. The maximum Gasteiger partial charge on any atom is 0.139 e. The molecule has 3 rings (SSSR count). The fraction of sp³-hybridized carbons (Fsp3) is 0. The molecule has 0 saturated heterocycles. The Hall–Kier alpha value is -1.54. The van der Waals surface area contributed by atoms with E-state index >= 15 is 0 Å². The lowest BCUT2D eigenvalue weighted by Gasteiger charge is -2.00. The molecule has 3 aromatic rings. The number of H-pyrrole nitrogens is 1. The van der Waals surface area contributed by atoms with Crippen molar-refractivity contribution in [3.63, 3.8) is 0 Å². The molecule has 1 aromatic carbocycles. The average Bonchev–Trinajstić information content (AvgIpc) is 2.66. The van der Waals surface area contributed by atoms with Gasteiger partial charge in [-0.1, -0.05) is 29.8 Å². The molecule has 0 fully saturated rings. The number of benzene rings is 1. The topological polar surface area (TPSA) is 28.7 Å². The molecule has 0 aliphatic heterocycles. The van der Waals surface area contributed by atoms with Crippen molar-refractivity contribution in [2.24, 2.45) is 0 Å². The van der Waals surface area contributed by atoms with Gasteiger partial charge in [-0.05, 0) is 12.1 Å². The third kappa shape index (κ3) is 0.946. The summed E-state index contributed by atoms with van der Waals surface area (Å²) in [5.74, 6) is 0. The van der Waals surface area contributed by atoms with Crippen LogP contribution in [0.3, 0.4) is 0 Å². The van der Waals surface area contributed by atoms with E-state index in [1.807, 2.05) is 36.5 Å². The van der Waals surface area contributed by atoms with Gasteiger partial charge in [-0.3, -0.25) is 0 Å². The third-order valence-electron chi connectivity index (χ3n) is 2.33. The fourth-order valence-corrected chi connectivity index (χ4v) is 1.96. The minimum absolute atomic E-state index is 0.770. The van der Waals surface area contributed by atoms with Gasteiger partial charge >= 0.3 is 0 Å². The highest BCUT2D eigenvalue weighted by molar-refractivity contribution is 6.40. The summed E-state index contributed by atoms with van der Waals surface area (Å²) in [6.45, 7) is 0. The molecule has 0 aliphatic carbocycles. The van der Waals surface area contributed by atoms with Crippen molar-refractivity contribution >= 4 is 33.5 Å². The second-order valence-electron chi connectivity index (χ2n) is 3.18. The van der Waals surface area contributed by atoms with Crippen molar-refractivity contribution in [2.45, 2.75) is 0 Å². The Labute approximate surface area is 85.5 Å². The van der Waals surface area contributed by atoms with Gasteiger partial charge in [-0.2, -0.15) is 0 Å². The van der Waals surface area contributed by atoms with Crippen LogP contribution in [0.4, 0.5) is 0 Å². The van der Waals surface area contributed by atoms with Gasteiger partial charge in [-0.25, -0.2) is 4.98 Å². The van der Waals surface area contributed by atoms with E-state index in [-0.39, 0.29) is 0 Å². The van der Waals surface area contributed by atoms with Gasteiger partial charge in [0, 0.05) is 17.0 Å². The van der Waals surface area contributed by atoms with Gasteiger partial charge < -0.3 is 4.98 Å². The van der Waals surface area contributed by atoms with Crippen LogP contribution in [0.25, 0.3) is 21.9 Å². The Morgan fingerprint density at radius 3 is 2.86 bits per heavy atom. The van der Waals surface area contributed by atoms with Gasteiger partial charge in [-0.15, -0.1) is 0 Å². The summed E-state index contributed by atoms with van der Waals surface area (Å²) in [7, 11) is 0. The smallest absolute Gasteiger partial charge is 0.139 e. The SMILES string of the molecule is Clc1c2ccccc2nc2[nH]ccc12. The van der Waals surface area contributed by atoms with Crippen molar-refractivity contribution in [3.05, 3.63) is 41.6 Å². The van der Waals surface area contributed by atoms with Gasteiger partial charge in [0.25, 0.3) is 0 Å². The average molecular weight is 203 g/mol. The summed E-state index contributed by atoms with van der Waals surface area (Å²) in [6, 6.07) is 9.81. The highest BCUT2D eigenvalue weighted by atomic mass is 35.5. The summed E-state index contributed by atoms with van der Waals surface area (Å²) < 4.78 is 0. The predicted octanol–water partition coefficient (Wildman–Crippen LogP) is 3.37.